The molecule has 0 aromatic rings. The molecule has 1 spiro atoms. The smallest absolute Gasteiger partial charge is 0.102 e. The van der Waals surface area contributed by atoms with E-state index in [1.165, 1.54) is 64.2 Å². The summed E-state index contributed by atoms with van der Waals surface area (Å²) < 4.78 is 6.58. The number of hydrogen-bond acceptors (Lipinski definition) is 1. The molecule has 1 aliphatic heterocycles. The zero-order valence-corrected chi connectivity index (χ0v) is 20.4. The molecule has 4 saturated carbocycles. The summed E-state index contributed by atoms with van der Waals surface area (Å²) in [5.74, 6) is 5.47. The molecular weight excluding hydrogens is 376 g/mol. The summed E-state index contributed by atoms with van der Waals surface area (Å²) in [5.41, 5.74) is 1.15. The van der Waals surface area contributed by atoms with E-state index in [-0.39, 0.29) is 5.60 Å². The van der Waals surface area contributed by atoms with Gasteiger partial charge >= 0.3 is 0 Å². The second-order valence-electron chi connectivity index (χ2n) is 12.9. The van der Waals surface area contributed by atoms with Crippen LogP contribution in [0.1, 0.15) is 105 Å². The van der Waals surface area contributed by atoms with Crippen molar-refractivity contribution in [2.75, 3.05) is 0 Å². The molecule has 0 aromatic heterocycles. The second-order valence-corrected chi connectivity index (χ2v) is 13.5. The van der Waals surface area contributed by atoms with Gasteiger partial charge in [-0.3, -0.25) is 0 Å². The number of ether oxygens (including phenoxy) is 1. The van der Waals surface area contributed by atoms with Crippen molar-refractivity contribution in [2.24, 2.45) is 46.3 Å². The highest BCUT2D eigenvalue weighted by atomic mass is 35.5. The Morgan fingerprint density at radius 1 is 0.966 bits per heavy atom. The van der Waals surface area contributed by atoms with Crippen LogP contribution in [0.4, 0.5) is 0 Å². The van der Waals surface area contributed by atoms with Crippen molar-refractivity contribution >= 4 is 11.6 Å². The lowest BCUT2D eigenvalue weighted by Gasteiger charge is -2.59. The zero-order chi connectivity index (χ0) is 20.6. The third-order valence-electron chi connectivity index (χ3n) is 11.2. The van der Waals surface area contributed by atoms with Crippen molar-refractivity contribution in [3.63, 3.8) is 0 Å². The van der Waals surface area contributed by atoms with Gasteiger partial charge in [0.1, 0.15) is 5.60 Å². The predicted molar refractivity (Wildman–Crippen MR) is 122 cm³/mol. The molecule has 10 atom stereocenters. The van der Waals surface area contributed by atoms with Crippen molar-refractivity contribution in [3.8, 4) is 0 Å². The largest absolute Gasteiger partial charge is 0.365 e. The molecule has 4 aliphatic carbocycles. The highest BCUT2D eigenvalue weighted by Crippen LogP contribution is 2.74. The molecule has 1 heterocycles. The van der Waals surface area contributed by atoms with Gasteiger partial charge in [0.05, 0.1) is 6.10 Å². The molecule has 1 nitrogen and oxygen atoms in total. The van der Waals surface area contributed by atoms with Gasteiger partial charge in [-0.1, -0.05) is 53.9 Å². The highest BCUT2D eigenvalue weighted by molar-refractivity contribution is 6.20. The molecule has 0 radical (unpaired) electrons. The Kier molecular flexibility index (Phi) is 5.19. The molecule has 166 valence electrons. The minimum Gasteiger partial charge on any atom is -0.365 e. The van der Waals surface area contributed by atoms with Gasteiger partial charge in [-0.15, -0.1) is 11.6 Å². The Hall–Kier alpha value is 0.250. The minimum atomic E-state index is 0.161. The van der Waals surface area contributed by atoms with Gasteiger partial charge in [-0.05, 0) is 92.3 Å². The van der Waals surface area contributed by atoms with Crippen LogP contribution in [-0.2, 0) is 4.74 Å². The maximum Gasteiger partial charge on any atom is 0.102 e. The Morgan fingerprint density at radius 2 is 1.76 bits per heavy atom. The molecule has 2 heteroatoms. The van der Waals surface area contributed by atoms with Crippen molar-refractivity contribution in [2.45, 2.75) is 122 Å². The van der Waals surface area contributed by atoms with Crippen molar-refractivity contribution in [1.29, 1.82) is 0 Å². The van der Waals surface area contributed by atoms with Gasteiger partial charge in [0.2, 0.25) is 0 Å². The Labute approximate surface area is 185 Å². The first kappa shape index (κ1) is 21.1. The molecule has 1 saturated heterocycles. The monoisotopic (exact) mass is 420 g/mol. The molecule has 5 aliphatic rings. The quantitative estimate of drug-likeness (QED) is 0.325. The molecule has 5 rings (SSSR count). The summed E-state index contributed by atoms with van der Waals surface area (Å²) in [7, 11) is 0. The molecular formula is C27H45ClO. The van der Waals surface area contributed by atoms with E-state index in [0.717, 1.165) is 41.9 Å². The number of alkyl halides is 1. The molecule has 10 unspecified atom stereocenters. The topological polar surface area (TPSA) is 12.5 Å². The number of halogens is 1. The number of hydrogen-bond donors (Lipinski definition) is 0. The van der Waals surface area contributed by atoms with Crippen molar-refractivity contribution < 1.29 is 4.74 Å². The summed E-state index contributed by atoms with van der Waals surface area (Å²) in [5, 5.41) is 0.348. The SMILES string of the molecule is CC(C)CCCC(C)C1CCC2C3CC4OC45CC(Cl)CCC5(C)C3CCC12C. The highest BCUT2D eigenvalue weighted by Gasteiger charge is 2.75. The van der Waals surface area contributed by atoms with Gasteiger partial charge in [-0.2, -0.15) is 0 Å². The van der Waals surface area contributed by atoms with E-state index >= 15 is 0 Å². The van der Waals surface area contributed by atoms with Gasteiger partial charge in [0.25, 0.3) is 0 Å². The Balaban J connectivity index is 1.33. The first-order valence-electron chi connectivity index (χ1n) is 13.0. The molecule has 0 amide bonds. The average molecular weight is 421 g/mol. The van der Waals surface area contributed by atoms with Gasteiger partial charge in [0, 0.05) is 10.8 Å². The molecule has 0 aromatic carbocycles. The fraction of sp³-hybridized carbons (Fsp3) is 1.00. The van der Waals surface area contributed by atoms with Gasteiger partial charge in [-0.25, -0.2) is 0 Å². The third-order valence-corrected chi connectivity index (χ3v) is 11.6. The fourth-order valence-electron chi connectivity index (χ4n) is 9.65. The van der Waals surface area contributed by atoms with E-state index in [1.54, 1.807) is 0 Å². The van der Waals surface area contributed by atoms with Crippen LogP contribution in [0.3, 0.4) is 0 Å². The van der Waals surface area contributed by atoms with Gasteiger partial charge in [0.15, 0.2) is 0 Å². The first-order chi connectivity index (χ1) is 13.7. The maximum atomic E-state index is 6.64. The summed E-state index contributed by atoms with van der Waals surface area (Å²) in [6.07, 6.45) is 15.7. The van der Waals surface area contributed by atoms with E-state index in [2.05, 4.69) is 34.6 Å². The van der Waals surface area contributed by atoms with Crippen LogP contribution in [0, 0.1) is 46.3 Å². The summed E-state index contributed by atoms with van der Waals surface area (Å²) in [4.78, 5) is 0. The third kappa shape index (κ3) is 3.02. The zero-order valence-electron chi connectivity index (χ0n) is 19.7. The standard InChI is InChI=1S/C27H45ClO/c1-17(2)7-6-8-18(3)21-9-10-22-20-15-24-27(29-24)16-19(28)11-14-26(27,5)23(20)12-13-25(21,22)4/h17-24H,6-16H2,1-5H3. The van der Waals surface area contributed by atoms with Crippen LogP contribution in [0.15, 0.2) is 0 Å². The maximum absolute atomic E-state index is 6.64. The summed E-state index contributed by atoms with van der Waals surface area (Å²) in [6, 6.07) is 0. The number of rotatable bonds is 5. The number of fused-ring (bicyclic) bond motifs is 4. The van der Waals surface area contributed by atoms with Crippen LogP contribution in [0.2, 0.25) is 0 Å². The van der Waals surface area contributed by atoms with Gasteiger partial charge < -0.3 is 4.74 Å². The van der Waals surface area contributed by atoms with Crippen LogP contribution < -0.4 is 0 Å². The fourth-order valence-corrected chi connectivity index (χ4v) is 9.99. The molecule has 0 N–H and O–H groups in total. The Bertz CT molecular complexity index is 632. The van der Waals surface area contributed by atoms with E-state index < -0.39 is 0 Å². The summed E-state index contributed by atoms with van der Waals surface area (Å²) in [6.45, 7) is 12.7. The van der Waals surface area contributed by atoms with Crippen LogP contribution in [0.25, 0.3) is 0 Å². The lowest BCUT2D eigenvalue weighted by atomic mass is 9.44. The summed E-state index contributed by atoms with van der Waals surface area (Å²) >= 11 is 6.64. The van der Waals surface area contributed by atoms with Crippen LogP contribution in [0.5, 0.6) is 0 Å². The molecule has 5 fully saturated rings. The van der Waals surface area contributed by atoms with E-state index in [9.17, 15) is 0 Å². The lowest BCUT2D eigenvalue weighted by Crippen LogP contribution is -2.58. The van der Waals surface area contributed by atoms with Crippen LogP contribution >= 0.6 is 11.6 Å². The van der Waals surface area contributed by atoms with Crippen molar-refractivity contribution in [1.82, 2.24) is 0 Å². The van der Waals surface area contributed by atoms with Crippen LogP contribution in [-0.4, -0.2) is 17.1 Å². The Morgan fingerprint density at radius 3 is 2.52 bits per heavy atom. The predicted octanol–water partition coefficient (Wildman–Crippen LogP) is 7.85. The normalized spacial score (nSPS) is 54.3. The molecule has 0 bridgehead atoms. The van der Waals surface area contributed by atoms with E-state index in [0.29, 0.717) is 22.3 Å². The van der Waals surface area contributed by atoms with E-state index in [4.69, 9.17) is 16.3 Å². The number of epoxide rings is 1. The molecule has 29 heavy (non-hydrogen) atoms. The first-order valence-corrected chi connectivity index (χ1v) is 13.5. The lowest BCUT2D eigenvalue weighted by molar-refractivity contribution is -0.0996. The average Bonchev–Trinajstić information content (AvgIpc) is 3.22. The van der Waals surface area contributed by atoms with Crippen molar-refractivity contribution in [3.05, 3.63) is 0 Å². The second kappa shape index (κ2) is 7.13. The minimum absolute atomic E-state index is 0.161. The van der Waals surface area contributed by atoms with E-state index in [1.807, 2.05) is 0 Å².